The number of aromatic hydroxyl groups is 1. The fourth-order valence-electron chi connectivity index (χ4n) is 2.95. The molecule has 1 aliphatic rings. The van der Waals surface area contributed by atoms with Crippen LogP contribution in [0.4, 0.5) is 5.69 Å². The number of fused-ring (bicyclic) bond motifs is 2. The van der Waals surface area contributed by atoms with Crippen LogP contribution in [0.3, 0.4) is 0 Å². The maximum absolute atomic E-state index is 10.5. The summed E-state index contributed by atoms with van der Waals surface area (Å²) in [5, 5.41) is 15.7. The van der Waals surface area contributed by atoms with Crippen molar-refractivity contribution in [3.05, 3.63) is 58.1 Å². The van der Waals surface area contributed by atoms with Gasteiger partial charge in [0.25, 0.3) is 0 Å². The molecule has 0 amide bonds. The van der Waals surface area contributed by atoms with E-state index in [1.54, 1.807) is 0 Å². The minimum Gasteiger partial charge on any atom is -0.494 e. The zero-order valence-corrected chi connectivity index (χ0v) is 15.2. The minimum absolute atomic E-state index is 0.0663. The van der Waals surface area contributed by atoms with Crippen LogP contribution in [0, 0.1) is 0 Å². The molecule has 0 radical (unpaired) electrons. The van der Waals surface area contributed by atoms with Gasteiger partial charge in [0, 0.05) is 15.4 Å². The maximum Gasteiger partial charge on any atom is 0.199 e. The first kappa shape index (κ1) is 15.9. The summed E-state index contributed by atoms with van der Waals surface area (Å²) in [4.78, 5) is 13.2. The number of hydrogen-bond acceptors (Lipinski definition) is 4. The van der Waals surface area contributed by atoms with Gasteiger partial charge >= 0.3 is 0 Å². The molecule has 0 saturated heterocycles. The lowest BCUT2D eigenvalue weighted by Gasteiger charge is -2.05. The molecule has 1 aliphatic heterocycles. The number of benzene rings is 2. The van der Waals surface area contributed by atoms with Crippen molar-refractivity contribution in [1.29, 1.82) is 0 Å². The fourth-order valence-corrected chi connectivity index (χ4v) is 3.41. The van der Waals surface area contributed by atoms with Gasteiger partial charge in [-0.2, -0.15) is 0 Å². The third-order valence-electron chi connectivity index (χ3n) is 4.07. The number of hydrogen-bond donors (Lipinski definition) is 2. The Balaban J connectivity index is 1.91. The van der Waals surface area contributed by atoms with E-state index in [0.29, 0.717) is 23.6 Å². The number of para-hydroxylation sites is 2. The van der Waals surface area contributed by atoms with Gasteiger partial charge in [-0.05, 0) is 34.5 Å². The molecule has 126 valence electrons. The van der Waals surface area contributed by atoms with Crippen LogP contribution in [0.25, 0.3) is 10.9 Å². The Morgan fingerprint density at radius 3 is 2.88 bits per heavy atom. The number of H-pyrrole nitrogens is 1. The van der Waals surface area contributed by atoms with Crippen LogP contribution in [-0.2, 0) is 4.84 Å². The number of rotatable bonds is 4. The van der Waals surface area contributed by atoms with Crippen LogP contribution in [0.1, 0.15) is 24.5 Å². The third-order valence-corrected chi connectivity index (χ3v) is 4.73. The van der Waals surface area contributed by atoms with Crippen molar-refractivity contribution in [1.82, 2.24) is 4.98 Å². The molecule has 0 saturated carbocycles. The van der Waals surface area contributed by atoms with E-state index in [2.05, 4.69) is 26.1 Å². The molecule has 0 atom stereocenters. The van der Waals surface area contributed by atoms with Gasteiger partial charge in [0.2, 0.25) is 0 Å². The van der Waals surface area contributed by atoms with Crippen molar-refractivity contribution in [2.24, 2.45) is 10.1 Å². The third kappa shape index (κ3) is 2.62. The van der Waals surface area contributed by atoms with Crippen molar-refractivity contribution in [2.45, 2.75) is 13.3 Å². The van der Waals surface area contributed by atoms with E-state index in [-0.39, 0.29) is 5.88 Å². The predicted molar refractivity (Wildman–Crippen MR) is 103 cm³/mol. The van der Waals surface area contributed by atoms with Crippen LogP contribution < -0.4 is 0 Å². The minimum atomic E-state index is 0.0663. The largest absolute Gasteiger partial charge is 0.494 e. The average Bonchev–Trinajstić information content (AvgIpc) is 3.13. The summed E-state index contributed by atoms with van der Waals surface area (Å²) in [5.41, 5.74) is 4.42. The molecule has 0 aliphatic carbocycles. The van der Waals surface area contributed by atoms with Crippen LogP contribution in [0.2, 0.25) is 0 Å². The van der Waals surface area contributed by atoms with Crippen molar-refractivity contribution in [3.8, 4) is 5.88 Å². The van der Waals surface area contributed by atoms with E-state index in [0.717, 1.165) is 33.0 Å². The molecule has 1 aromatic heterocycles. The molecular weight excluding hydrogens is 382 g/mol. The van der Waals surface area contributed by atoms with Gasteiger partial charge in [-0.3, -0.25) is 0 Å². The summed E-state index contributed by atoms with van der Waals surface area (Å²) in [6.45, 7) is 2.56. The first-order valence-corrected chi connectivity index (χ1v) is 8.88. The number of halogens is 1. The van der Waals surface area contributed by atoms with Gasteiger partial charge in [-0.15, -0.1) is 0 Å². The van der Waals surface area contributed by atoms with Gasteiger partial charge < -0.3 is 14.9 Å². The SMILES string of the molecule is CCCO/N=C1/C(c2c(O)[nH]c3c(Br)cccc23)=Nc2ccccc21. The number of aromatic amines is 1. The summed E-state index contributed by atoms with van der Waals surface area (Å²) in [6.07, 6.45) is 0.871. The smallest absolute Gasteiger partial charge is 0.199 e. The fraction of sp³-hybridized carbons (Fsp3) is 0.158. The topological polar surface area (TPSA) is 70.0 Å². The van der Waals surface area contributed by atoms with Crippen LogP contribution in [0.15, 0.2) is 57.1 Å². The molecule has 0 bridgehead atoms. The highest BCUT2D eigenvalue weighted by atomic mass is 79.9. The molecule has 5 nitrogen and oxygen atoms in total. The molecule has 2 heterocycles. The quantitative estimate of drug-likeness (QED) is 0.485. The van der Waals surface area contributed by atoms with Crippen molar-refractivity contribution in [3.63, 3.8) is 0 Å². The second-order valence-electron chi connectivity index (χ2n) is 5.76. The summed E-state index contributed by atoms with van der Waals surface area (Å²) >= 11 is 3.51. The monoisotopic (exact) mass is 397 g/mol. The Morgan fingerprint density at radius 1 is 1.20 bits per heavy atom. The lowest BCUT2D eigenvalue weighted by Crippen LogP contribution is -2.13. The highest BCUT2D eigenvalue weighted by Crippen LogP contribution is 2.37. The van der Waals surface area contributed by atoms with Crippen LogP contribution in [-0.4, -0.2) is 28.1 Å². The summed E-state index contributed by atoms with van der Waals surface area (Å²) in [7, 11) is 0. The van der Waals surface area contributed by atoms with E-state index < -0.39 is 0 Å². The van der Waals surface area contributed by atoms with Crippen LogP contribution >= 0.6 is 15.9 Å². The molecule has 25 heavy (non-hydrogen) atoms. The van der Waals surface area contributed by atoms with Gasteiger partial charge in [0.1, 0.15) is 18.0 Å². The zero-order valence-electron chi connectivity index (χ0n) is 13.6. The Hall–Kier alpha value is -2.60. The Morgan fingerprint density at radius 2 is 2.04 bits per heavy atom. The van der Waals surface area contributed by atoms with E-state index in [4.69, 9.17) is 9.83 Å². The van der Waals surface area contributed by atoms with Gasteiger partial charge in [-0.1, -0.05) is 42.4 Å². The second kappa shape index (κ2) is 6.37. The summed E-state index contributed by atoms with van der Waals surface area (Å²) in [6, 6.07) is 13.6. The highest BCUT2D eigenvalue weighted by Gasteiger charge is 2.29. The van der Waals surface area contributed by atoms with Gasteiger partial charge in [0.05, 0.1) is 16.8 Å². The average molecular weight is 398 g/mol. The summed E-state index contributed by atoms with van der Waals surface area (Å²) < 4.78 is 0.878. The molecule has 4 rings (SSSR count). The zero-order chi connectivity index (χ0) is 17.4. The molecule has 0 fully saturated rings. The molecule has 2 aromatic carbocycles. The standard InChI is InChI=1S/C19H16BrN3O2/c1-2-10-25-23-17-11-6-3-4-9-14(11)21-18(17)15-12-7-5-8-13(20)16(12)22-19(15)24/h3-9,22,24H,2,10H2,1H3/b23-17+. The molecule has 0 spiro atoms. The number of aliphatic imine (C=N–C) groups is 1. The number of aromatic nitrogens is 1. The number of nitrogens with zero attached hydrogens (tertiary/aromatic N) is 2. The Labute approximate surface area is 153 Å². The molecule has 2 N–H and O–H groups in total. The van der Waals surface area contributed by atoms with E-state index >= 15 is 0 Å². The van der Waals surface area contributed by atoms with Crippen LogP contribution in [0.5, 0.6) is 5.88 Å². The molecule has 0 unspecified atom stereocenters. The van der Waals surface area contributed by atoms with E-state index in [1.165, 1.54) is 0 Å². The van der Waals surface area contributed by atoms with Gasteiger partial charge in [-0.25, -0.2) is 4.99 Å². The Kier molecular flexibility index (Phi) is 4.05. The second-order valence-corrected chi connectivity index (χ2v) is 6.62. The lowest BCUT2D eigenvalue weighted by atomic mass is 10.0. The van der Waals surface area contributed by atoms with E-state index in [9.17, 15) is 5.11 Å². The predicted octanol–water partition coefficient (Wildman–Crippen LogP) is 4.90. The van der Waals surface area contributed by atoms with Crippen molar-refractivity contribution < 1.29 is 9.94 Å². The maximum atomic E-state index is 10.5. The summed E-state index contributed by atoms with van der Waals surface area (Å²) in [5.74, 6) is 0.0663. The first-order valence-electron chi connectivity index (χ1n) is 8.08. The Bertz CT molecular complexity index is 1020. The van der Waals surface area contributed by atoms with Gasteiger partial charge in [0.15, 0.2) is 5.88 Å². The van der Waals surface area contributed by atoms with Crippen molar-refractivity contribution in [2.75, 3.05) is 6.61 Å². The molecule has 3 aromatic rings. The molecule has 6 heteroatoms. The molecular formula is C19H16BrN3O2. The van der Waals surface area contributed by atoms with Crippen molar-refractivity contribution >= 4 is 43.9 Å². The lowest BCUT2D eigenvalue weighted by molar-refractivity contribution is 0.146. The number of oxime groups is 1. The number of nitrogens with one attached hydrogen (secondary N) is 1. The first-order chi connectivity index (χ1) is 12.2. The normalized spacial score (nSPS) is 14.8. The van der Waals surface area contributed by atoms with E-state index in [1.807, 2.05) is 49.4 Å². The highest BCUT2D eigenvalue weighted by molar-refractivity contribution is 9.10.